The van der Waals surface area contributed by atoms with Gasteiger partial charge < -0.3 is 20.3 Å². The SMILES string of the molecule is COc1ccc(C(F)(F)F)cc1NCC(O)CO. The van der Waals surface area contributed by atoms with E-state index >= 15 is 0 Å². The van der Waals surface area contributed by atoms with E-state index in [4.69, 9.17) is 14.9 Å². The highest BCUT2D eigenvalue weighted by molar-refractivity contribution is 5.58. The van der Waals surface area contributed by atoms with Crippen molar-refractivity contribution in [3.8, 4) is 5.75 Å². The van der Waals surface area contributed by atoms with Crippen LogP contribution >= 0.6 is 0 Å². The van der Waals surface area contributed by atoms with Crippen LogP contribution in [-0.2, 0) is 6.18 Å². The largest absolute Gasteiger partial charge is 0.495 e. The molecule has 102 valence electrons. The Balaban J connectivity index is 2.92. The molecule has 1 aromatic carbocycles. The van der Waals surface area contributed by atoms with E-state index in [0.29, 0.717) is 0 Å². The van der Waals surface area contributed by atoms with E-state index in [2.05, 4.69) is 5.32 Å². The second-order valence-electron chi connectivity index (χ2n) is 3.63. The number of benzene rings is 1. The molecule has 1 rings (SSSR count). The first-order valence-electron chi connectivity index (χ1n) is 5.16. The molecule has 1 atom stereocenters. The lowest BCUT2D eigenvalue weighted by atomic mass is 10.1. The number of methoxy groups -OCH3 is 1. The molecule has 0 spiro atoms. The number of halogens is 3. The summed E-state index contributed by atoms with van der Waals surface area (Å²) in [7, 11) is 1.33. The fourth-order valence-electron chi connectivity index (χ4n) is 1.31. The number of rotatable bonds is 5. The van der Waals surface area contributed by atoms with Crippen molar-refractivity contribution in [1.82, 2.24) is 0 Å². The number of alkyl halides is 3. The summed E-state index contributed by atoms with van der Waals surface area (Å²) >= 11 is 0. The van der Waals surface area contributed by atoms with E-state index in [0.717, 1.165) is 12.1 Å². The molecule has 0 fully saturated rings. The number of hydrogen-bond acceptors (Lipinski definition) is 4. The Kier molecular flexibility index (Phi) is 4.80. The Hall–Kier alpha value is -1.47. The molecule has 1 aromatic rings. The molecule has 0 aliphatic heterocycles. The summed E-state index contributed by atoms with van der Waals surface area (Å²) in [5, 5.41) is 20.4. The quantitative estimate of drug-likeness (QED) is 0.754. The van der Waals surface area contributed by atoms with Gasteiger partial charge >= 0.3 is 6.18 Å². The number of hydrogen-bond donors (Lipinski definition) is 3. The minimum atomic E-state index is -4.45. The Bertz CT molecular complexity index is 396. The number of aliphatic hydroxyl groups excluding tert-OH is 2. The van der Waals surface area contributed by atoms with Crippen LogP contribution in [0.2, 0.25) is 0 Å². The van der Waals surface area contributed by atoms with Crippen molar-refractivity contribution in [2.24, 2.45) is 0 Å². The summed E-state index contributed by atoms with van der Waals surface area (Å²) in [5.74, 6) is 0.230. The highest BCUT2D eigenvalue weighted by Crippen LogP contribution is 2.34. The van der Waals surface area contributed by atoms with Gasteiger partial charge in [-0.15, -0.1) is 0 Å². The van der Waals surface area contributed by atoms with Gasteiger partial charge in [-0.25, -0.2) is 0 Å². The van der Waals surface area contributed by atoms with Gasteiger partial charge in [0.15, 0.2) is 0 Å². The molecule has 0 radical (unpaired) electrons. The fraction of sp³-hybridized carbons (Fsp3) is 0.455. The third-order valence-corrected chi connectivity index (χ3v) is 2.27. The maximum Gasteiger partial charge on any atom is 0.416 e. The van der Waals surface area contributed by atoms with Crippen LogP contribution < -0.4 is 10.1 Å². The number of nitrogens with one attached hydrogen (secondary N) is 1. The van der Waals surface area contributed by atoms with Crippen LogP contribution in [0.4, 0.5) is 18.9 Å². The summed E-state index contributed by atoms with van der Waals surface area (Å²) in [4.78, 5) is 0. The van der Waals surface area contributed by atoms with Crippen LogP contribution in [0.15, 0.2) is 18.2 Å². The molecule has 0 amide bonds. The zero-order chi connectivity index (χ0) is 13.8. The molecule has 0 heterocycles. The lowest BCUT2D eigenvalue weighted by Crippen LogP contribution is -2.23. The molecular formula is C11H14F3NO3. The lowest BCUT2D eigenvalue weighted by molar-refractivity contribution is -0.137. The first-order chi connectivity index (χ1) is 8.38. The van der Waals surface area contributed by atoms with Crippen molar-refractivity contribution in [2.45, 2.75) is 12.3 Å². The van der Waals surface area contributed by atoms with Crippen molar-refractivity contribution in [3.05, 3.63) is 23.8 Å². The van der Waals surface area contributed by atoms with Crippen molar-refractivity contribution in [3.63, 3.8) is 0 Å². The minimum absolute atomic E-state index is 0.0752. The summed E-state index contributed by atoms with van der Waals surface area (Å²) in [5.41, 5.74) is -0.705. The second kappa shape index (κ2) is 5.92. The zero-order valence-electron chi connectivity index (χ0n) is 9.66. The normalized spacial score (nSPS) is 13.2. The van der Waals surface area contributed by atoms with Crippen molar-refractivity contribution in [1.29, 1.82) is 0 Å². The van der Waals surface area contributed by atoms with Crippen LogP contribution in [0.25, 0.3) is 0 Å². The van der Waals surface area contributed by atoms with Gasteiger partial charge in [-0.3, -0.25) is 0 Å². The van der Waals surface area contributed by atoms with Crippen molar-refractivity contribution < 1.29 is 28.1 Å². The van der Waals surface area contributed by atoms with Gasteiger partial charge in [0, 0.05) is 6.54 Å². The first kappa shape index (κ1) is 14.6. The summed E-state index contributed by atoms with van der Waals surface area (Å²) in [6.07, 6.45) is -5.50. The molecule has 7 heteroatoms. The molecule has 18 heavy (non-hydrogen) atoms. The molecule has 0 aromatic heterocycles. The lowest BCUT2D eigenvalue weighted by Gasteiger charge is -2.15. The Labute approximate surface area is 102 Å². The van der Waals surface area contributed by atoms with Gasteiger partial charge in [-0.1, -0.05) is 0 Å². The molecule has 4 nitrogen and oxygen atoms in total. The first-order valence-corrected chi connectivity index (χ1v) is 5.16. The second-order valence-corrected chi connectivity index (χ2v) is 3.63. The van der Waals surface area contributed by atoms with Gasteiger partial charge in [0.2, 0.25) is 0 Å². The predicted molar refractivity (Wildman–Crippen MR) is 59.6 cm³/mol. The van der Waals surface area contributed by atoms with Gasteiger partial charge in [0.05, 0.1) is 31.1 Å². The molecule has 3 N–H and O–H groups in total. The van der Waals surface area contributed by atoms with E-state index in [1.165, 1.54) is 13.2 Å². The fourth-order valence-corrected chi connectivity index (χ4v) is 1.31. The van der Waals surface area contributed by atoms with Crippen LogP contribution in [0.5, 0.6) is 5.75 Å². The number of ether oxygens (including phenoxy) is 1. The molecule has 0 saturated carbocycles. The maximum atomic E-state index is 12.5. The zero-order valence-corrected chi connectivity index (χ0v) is 9.66. The molecular weight excluding hydrogens is 251 g/mol. The third kappa shape index (κ3) is 3.78. The average Bonchev–Trinajstić information content (AvgIpc) is 2.34. The highest BCUT2D eigenvalue weighted by atomic mass is 19.4. The maximum absolute atomic E-state index is 12.5. The monoisotopic (exact) mass is 265 g/mol. The third-order valence-electron chi connectivity index (χ3n) is 2.27. The Morgan fingerprint density at radius 2 is 2.06 bits per heavy atom. The number of anilines is 1. The number of aliphatic hydroxyl groups is 2. The standard InChI is InChI=1S/C11H14F3NO3/c1-18-10-3-2-7(11(12,13)14)4-9(10)15-5-8(17)6-16/h2-4,8,15-17H,5-6H2,1H3. The predicted octanol–water partition coefficient (Wildman–Crippen LogP) is 1.48. The van der Waals surface area contributed by atoms with E-state index in [-0.39, 0.29) is 18.0 Å². The molecule has 0 aliphatic carbocycles. The summed E-state index contributed by atoms with van der Waals surface area (Å²) in [6.45, 7) is -0.553. The molecule has 1 unspecified atom stereocenters. The Morgan fingerprint density at radius 1 is 1.39 bits per heavy atom. The van der Waals surface area contributed by atoms with Gasteiger partial charge in [0.1, 0.15) is 5.75 Å². The average molecular weight is 265 g/mol. The summed E-state index contributed by atoms with van der Waals surface area (Å²) in [6, 6.07) is 2.99. The molecule has 0 bridgehead atoms. The van der Waals surface area contributed by atoms with Gasteiger partial charge in [-0.05, 0) is 18.2 Å². The van der Waals surface area contributed by atoms with Gasteiger partial charge in [-0.2, -0.15) is 13.2 Å². The highest BCUT2D eigenvalue weighted by Gasteiger charge is 2.31. The summed E-state index contributed by atoms with van der Waals surface area (Å²) < 4.78 is 42.4. The van der Waals surface area contributed by atoms with Gasteiger partial charge in [0.25, 0.3) is 0 Å². The smallest absolute Gasteiger partial charge is 0.416 e. The molecule has 0 aliphatic rings. The van der Waals surface area contributed by atoms with Crippen LogP contribution in [-0.4, -0.2) is 36.6 Å². The van der Waals surface area contributed by atoms with E-state index < -0.39 is 24.5 Å². The van der Waals surface area contributed by atoms with Crippen molar-refractivity contribution >= 4 is 5.69 Å². The Morgan fingerprint density at radius 3 is 2.56 bits per heavy atom. The minimum Gasteiger partial charge on any atom is -0.495 e. The van der Waals surface area contributed by atoms with Crippen LogP contribution in [0.1, 0.15) is 5.56 Å². The molecule has 0 saturated heterocycles. The topological polar surface area (TPSA) is 61.7 Å². The van der Waals surface area contributed by atoms with E-state index in [1.54, 1.807) is 0 Å². The van der Waals surface area contributed by atoms with Crippen LogP contribution in [0, 0.1) is 0 Å². The van der Waals surface area contributed by atoms with Crippen LogP contribution in [0.3, 0.4) is 0 Å². The van der Waals surface area contributed by atoms with Crippen molar-refractivity contribution in [2.75, 3.05) is 25.6 Å². The van der Waals surface area contributed by atoms with E-state index in [9.17, 15) is 13.2 Å². The van der Waals surface area contributed by atoms with E-state index in [1.807, 2.05) is 0 Å².